The topological polar surface area (TPSA) is 36.1 Å². The maximum atomic E-state index is 3.14. The number of rotatable bonds is 0. The van der Waals surface area contributed by atoms with E-state index >= 15 is 0 Å². The average Bonchev–Trinajstić information content (AvgIpc) is 2.35. The largest absolute Gasteiger partial charge is 0.306 e. The summed E-state index contributed by atoms with van der Waals surface area (Å²) < 4.78 is 0. The Labute approximate surface area is 67.2 Å². The summed E-state index contributed by atoms with van der Waals surface area (Å²) in [7, 11) is 0. The third-order valence-electron chi connectivity index (χ3n) is 2.39. The number of hydrogen-bond acceptors (Lipinski definition) is 3. The molecule has 1 heterocycles. The maximum absolute atomic E-state index is 3.14. The van der Waals surface area contributed by atoms with Crippen molar-refractivity contribution in [1.29, 1.82) is 0 Å². The molecule has 2 rings (SSSR count). The first-order valence-electron chi connectivity index (χ1n) is 4.46. The number of nitrogens with one attached hydrogen (secondary N) is 3. The lowest BCUT2D eigenvalue weighted by molar-refractivity contribution is 0.575. The smallest absolute Gasteiger partial charge is 0.0482 e. The van der Waals surface area contributed by atoms with Gasteiger partial charge in [-0.2, -0.15) is 5.53 Å². The van der Waals surface area contributed by atoms with Gasteiger partial charge < -0.3 is 10.9 Å². The van der Waals surface area contributed by atoms with E-state index < -0.39 is 0 Å². The van der Waals surface area contributed by atoms with Gasteiger partial charge in [0, 0.05) is 11.4 Å². The van der Waals surface area contributed by atoms with Gasteiger partial charge >= 0.3 is 0 Å². The van der Waals surface area contributed by atoms with Gasteiger partial charge in [0.2, 0.25) is 0 Å². The highest BCUT2D eigenvalue weighted by molar-refractivity contribution is 5.13. The Kier molecular flexibility index (Phi) is 1.99. The summed E-state index contributed by atoms with van der Waals surface area (Å²) in [5, 5.41) is 0. The standard InChI is InChI=1S/C8H15N3/c1-2-4-6-8-7(5-3-1)9-11-10-8/h9-11H,1-6H2. The number of hydrogen-bond donors (Lipinski definition) is 3. The van der Waals surface area contributed by atoms with E-state index in [0.717, 1.165) is 0 Å². The normalized spacial score (nSPS) is 24.7. The molecule has 0 aromatic carbocycles. The molecule has 0 fully saturated rings. The molecule has 0 atom stereocenters. The van der Waals surface area contributed by atoms with Crippen molar-refractivity contribution in [3.05, 3.63) is 11.4 Å². The van der Waals surface area contributed by atoms with Crippen molar-refractivity contribution in [3.8, 4) is 0 Å². The van der Waals surface area contributed by atoms with E-state index in [1.165, 1.54) is 49.9 Å². The Balaban J connectivity index is 2.05. The minimum Gasteiger partial charge on any atom is -0.306 e. The van der Waals surface area contributed by atoms with Gasteiger partial charge in [0.1, 0.15) is 0 Å². The van der Waals surface area contributed by atoms with E-state index in [1.807, 2.05) is 0 Å². The first-order valence-corrected chi connectivity index (χ1v) is 4.46. The minimum atomic E-state index is 1.20. The van der Waals surface area contributed by atoms with Crippen LogP contribution >= 0.6 is 0 Å². The summed E-state index contributed by atoms with van der Waals surface area (Å²) in [5.41, 5.74) is 12.0. The molecule has 0 aromatic heterocycles. The van der Waals surface area contributed by atoms with Crippen LogP contribution in [0.1, 0.15) is 38.5 Å². The van der Waals surface area contributed by atoms with Crippen molar-refractivity contribution in [1.82, 2.24) is 16.4 Å². The highest BCUT2D eigenvalue weighted by Gasteiger charge is 2.13. The van der Waals surface area contributed by atoms with Crippen LogP contribution in [0.5, 0.6) is 0 Å². The van der Waals surface area contributed by atoms with Crippen molar-refractivity contribution in [2.75, 3.05) is 0 Å². The molecule has 0 amide bonds. The van der Waals surface area contributed by atoms with Gasteiger partial charge in [-0.1, -0.05) is 12.8 Å². The van der Waals surface area contributed by atoms with E-state index in [1.54, 1.807) is 0 Å². The lowest BCUT2D eigenvalue weighted by Gasteiger charge is -2.09. The summed E-state index contributed by atoms with van der Waals surface area (Å²) in [4.78, 5) is 0. The molecule has 3 heteroatoms. The molecule has 3 N–H and O–H groups in total. The van der Waals surface area contributed by atoms with Gasteiger partial charge in [-0.3, -0.25) is 0 Å². The molecule has 0 saturated carbocycles. The van der Waals surface area contributed by atoms with Gasteiger partial charge in [0.05, 0.1) is 0 Å². The molecule has 0 bridgehead atoms. The van der Waals surface area contributed by atoms with Crippen molar-refractivity contribution < 1.29 is 0 Å². The Morgan fingerprint density at radius 2 is 1.27 bits per heavy atom. The fourth-order valence-electron chi connectivity index (χ4n) is 1.72. The molecule has 0 unspecified atom stereocenters. The maximum Gasteiger partial charge on any atom is 0.0482 e. The fourth-order valence-corrected chi connectivity index (χ4v) is 1.72. The summed E-state index contributed by atoms with van der Waals surface area (Å²) >= 11 is 0. The van der Waals surface area contributed by atoms with E-state index in [0.29, 0.717) is 0 Å². The molecular weight excluding hydrogens is 138 g/mol. The van der Waals surface area contributed by atoms with Crippen LogP contribution in [0.2, 0.25) is 0 Å². The molecule has 0 radical (unpaired) electrons. The highest BCUT2D eigenvalue weighted by atomic mass is 15.6. The van der Waals surface area contributed by atoms with E-state index in [9.17, 15) is 0 Å². The van der Waals surface area contributed by atoms with E-state index in [2.05, 4.69) is 16.4 Å². The highest BCUT2D eigenvalue weighted by Crippen LogP contribution is 2.20. The van der Waals surface area contributed by atoms with Gasteiger partial charge in [0.25, 0.3) is 0 Å². The molecule has 1 aliphatic heterocycles. The van der Waals surface area contributed by atoms with Crippen LogP contribution in [0, 0.1) is 0 Å². The molecule has 3 nitrogen and oxygen atoms in total. The molecule has 1 aliphatic carbocycles. The van der Waals surface area contributed by atoms with Crippen LogP contribution in [0.15, 0.2) is 11.4 Å². The lowest BCUT2D eigenvalue weighted by atomic mass is 10.0. The second kappa shape index (κ2) is 3.13. The van der Waals surface area contributed by atoms with Gasteiger partial charge in [-0.15, -0.1) is 0 Å². The Morgan fingerprint density at radius 1 is 0.727 bits per heavy atom. The second-order valence-corrected chi connectivity index (χ2v) is 3.25. The van der Waals surface area contributed by atoms with Crippen molar-refractivity contribution in [2.24, 2.45) is 0 Å². The first-order chi connectivity index (χ1) is 5.47. The molecular formula is C8H15N3. The summed E-state index contributed by atoms with van der Waals surface area (Å²) in [6, 6.07) is 0. The minimum absolute atomic E-state index is 1.20. The summed E-state index contributed by atoms with van der Waals surface area (Å²) in [6.07, 6.45) is 7.84. The van der Waals surface area contributed by atoms with Crippen LogP contribution in [0.4, 0.5) is 0 Å². The van der Waals surface area contributed by atoms with Crippen LogP contribution in [-0.2, 0) is 0 Å². The SMILES string of the molecule is C1CCCC2=C(CC1)NNN2. The number of hydrazine groups is 2. The van der Waals surface area contributed by atoms with Crippen molar-refractivity contribution in [2.45, 2.75) is 38.5 Å². The Hall–Kier alpha value is -0.700. The third-order valence-corrected chi connectivity index (χ3v) is 2.39. The average molecular weight is 153 g/mol. The molecule has 0 aromatic rings. The molecule has 62 valence electrons. The van der Waals surface area contributed by atoms with E-state index in [-0.39, 0.29) is 0 Å². The van der Waals surface area contributed by atoms with Crippen molar-refractivity contribution in [3.63, 3.8) is 0 Å². The summed E-state index contributed by atoms with van der Waals surface area (Å²) in [6.45, 7) is 0. The molecule has 2 aliphatic rings. The second-order valence-electron chi connectivity index (χ2n) is 3.25. The van der Waals surface area contributed by atoms with E-state index in [4.69, 9.17) is 0 Å². The summed E-state index contributed by atoms with van der Waals surface area (Å²) in [5.74, 6) is 0. The van der Waals surface area contributed by atoms with Crippen LogP contribution in [-0.4, -0.2) is 0 Å². The van der Waals surface area contributed by atoms with Gasteiger partial charge in [0.15, 0.2) is 0 Å². The molecule has 11 heavy (non-hydrogen) atoms. The third kappa shape index (κ3) is 1.48. The fraction of sp³-hybridized carbons (Fsp3) is 0.750. The lowest BCUT2D eigenvalue weighted by Crippen LogP contribution is -2.32. The van der Waals surface area contributed by atoms with Crippen LogP contribution < -0.4 is 16.4 Å². The molecule has 0 saturated heterocycles. The zero-order valence-corrected chi connectivity index (χ0v) is 6.74. The monoisotopic (exact) mass is 153 g/mol. The predicted octanol–water partition coefficient (Wildman–Crippen LogP) is 1.16. The van der Waals surface area contributed by atoms with Crippen LogP contribution in [0.25, 0.3) is 0 Å². The zero-order valence-electron chi connectivity index (χ0n) is 6.74. The van der Waals surface area contributed by atoms with Crippen LogP contribution in [0.3, 0.4) is 0 Å². The predicted molar refractivity (Wildman–Crippen MR) is 44.1 cm³/mol. The van der Waals surface area contributed by atoms with Gasteiger partial charge in [-0.05, 0) is 25.7 Å². The Bertz CT molecular complexity index is 156. The van der Waals surface area contributed by atoms with Gasteiger partial charge in [-0.25, -0.2) is 0 Å². The quantitative estimate of drug-likeness (QED) is 0.489. The molecule has 0 spiro atoms. The number of allylic oxidation sites excluding steroid dienone is 2. The first kappa shape index (κ1) is 6.98. The van der Waals surface area contributed by atoms with Crippen molar-refractivity contribution >= 4 is 0 Å². The zero-order chi connectivity index (χ0) is 7.52. The Morgan fingerprint density at radius 3 is 1.82 bits per heavy atom.